The Bertz CT molecular complexity index is 769. The molecule has 0 bridgehead atoms. The van der Waals surface area contributed by atoms with Gasteiger partial charge in [-0.05, 0) is 41.7 Å². The van der Waals surface area contributed by atoms with Crippen molar-refractivity contribution in [3.8, 4) is 0 Å². The number of anilines is 3. The van der Waals surface area contributed by atoms with E-state index in [2.05, 4.69) is 27.9 Å². The van der Waals surface area contributed by atoms with Crippen LogP contribution in [-0.2, 0) is 11.3 Å². The summed E-state index contributed by atoms with van der Waals surface area (Å²) in [5.74, 6) is 1.07. The third kappa shape index (κ3) is 7.55. The zero-order valence-corrected chi connectivity index (χ0v) is 17.2. The average molecular weight is 387 g/mol. The molecule has 1 heterocycles. The van der Waals surface area contributed by atoms with Crippen LogP contribution in [0.5, 0.6) is 0 Å². The Kier molecular flexibility index (Phi) is 7.79. The van der Waals surface area contributed by atoms with Gasteiger partial charge in [0.15, 0.2) is 5.82 Å². The van der Waals surface area contributed by atoms with Crippen LogP contribution in [0.4, 0.5) is 21.7 Å². The van der Waals surface area contributed by atoms with E-state index in [0.717, 1.165) is 24.9 Å². The van der Waals surface area contributed by atoms with Crippen LogP contribution in [0, 0.1) is 11.2 Å². The van der Waals surface area contributed by atoms with Crippen molar-refractivity contribution in [1.82, 2.24) is 4.98 Å². The van der Waals surface area contributed by atoms with Gasteiger partial charge in [0.1, 0.15) is 11.6 Å². The lowest BCUT2D eigenvalue weighted by Crippen LogP contribution is -2.21. The van der Waals surface area contributed by atoms with Gasteiger partial charge in [-0.2, -0.15) is 0 Å². The Morgan fingerprint density at radius 2 is 1.79 bits per heavy atom. The zero-order chi connectivity index (χ0) is 20.6. The number of nitrogens with one attached hydrogen (secondary N) is 3. The number of aromatic nitrogens is 1. The lowest BCUT2D eigenvalue weighted by Gasteiger charge is -2.19. The highest BCUT2D eigenvalue weighted by molar-refractivity contribution is 5.94. The highest BCUT2D eigenvalue weighted by Crippen LogP contribution is 2.25. The van der Waals surface area contributed by atoms with E-state index in [4.69, 9.17) is 0 Å². The summed E-state index contributed by atoms with van der Waals surface area (Å²) < 4.78 is 13.0. The molecule has 0 radical (unpaired) electrons. The van der Waals surface area contributed by atoms with Gasteiger partial charge in [0.2, 0.25) is 5.91 Å². The molecule has 0 unspecified atom stereocenters. The molecule has 2 aromatic rings. The van der Waals surface area contributed by atoms with Gasteiger partial charge in [-0.3, -0.25) is 4.79 Å². The lowest BCUT2D eigenvalue weighted by atomic mass is 9.92. The molecular weight excluding hydrogens is 355 g/mol. The third-order valence-electron chi connectivity index (χ3n) is 4.07. The summed E-state index contributed by atoms with van der Waals surface area (Å²) in [5, 5.41) is 9.52. The summed E-state index contributed by atoms with van der Waals surface area (Å²) in [4.78, 5) is 16.9. The maximum Gasteiger partial charge on any atom is 0.224 e. The first-order chi connectivity index (χ1) is 13.3. The predicted octanol–water partition coefficient (Wildman–Crippen LogP) is 5.42. The van der Waals surface area contributed by atoms with E-state index in [0.29, 0.717) is 30.3 Å². The van der Waals surface area contributed by atoms with Gasteiger partial charge in [0, 0.05) is 19.5 Å². The fourth-order valence-electron chi connectivity index (χ4n) is 2.65. The van der Waals surface area contributed by atoms with Gasteiger partial charge in [0.25, 0.3) is 0 Å². The summed E-state index contributed by atoms with van der Waals surface area (Å²) in [6, 6.07) is 10.1. The average Bonchev–Trinajstić information content (AvgIpc) is 2.61. The summed E-state index contributed by atoms with van der Waals surface area (Å²) in [7, 11) is 0. The van der Waals surface area contributed by atoms with Crippen LogP contribution < -0.4 is 16.0 Å². The number of hydrogen-bond donors (Lipinski definition) is 3. The molecule has 6 heteroatoms. The monoisotopic (exact) mass is 386 g/mol. The number of benzene rings is 1. The number of carbonyl (C=O) groups excluding carboxylic acids is 1. The van der Waals surface area contributed by atoms with E-state index in [-0.39, 0.29) is 17.1 Å². The molecule has 0 saturated heterocycles. The van der Waals surface area contributed by atoms with Gasteiger partial charge < -0.3 is 16.0 Å². The Morgan fingerprint density at radius 1 is 1.07 bits per heavy atom. The number of pyridine rings is 1. The second kappa shape index (κ2) is 10.1. The predicted molar refractivity (Wildman–Crippen MR) is 114 cm³/mol. The number of halogens is 1. The molecule has 2 rings (SSSR count). The number of unbranched alkanes of at least 4 members (excludes halogenated alkanes) is 1. The number of hydrogen-bond acceptors (Lipinski definition) is 4. The molecule has 0 aliphatic carbocycles. The van der Waals surface area contributed by atoms with E-state index in [1.807, 2.05) is 32.9 Å². The maximum atomic E-state index is 13.0. The maximum absolute atomic E-state index is 13.0. The molecule has 0 atom stereocenters. The minimum atomic E-state index is -0.250. The molecule has 5 nitrogen and oxygen atoms in total. The molecule has 0 aliphatic heterocycles. The van der Waals surface area contributed by atoms with Crippen LogP contribution in [0.15, 0.2) is 36.4 Å². The molecule has 0 saturated carbocycles. The van der Waals surface area contributed by atoms with Crippen molar-refractivity contribution in [3.63, 3.8) is 0 Å². The fourth-order valence-corrected chi connectivity index (χ4v) is 2.65. The third-order valence-corrected chi connectivity index (χ3v) is 4.07. The zero-order valence-electron chi connectivity index (χ0n) is 17.2. The molecule has 152 valence electrons. The molecule has 3 N–H and O–H groups in total. The molecule has 0 fully saturated rings. The first kappa shape index (κ1) is 21.7. The van der Waals surface area contributed by atoms with Crippen LogP contribution in [0.2, 0.25) is 0 Å². The highest BCUT2D eigenvalue weighted by Gasteiger charge is 2.17. The minimum Gasteiger partial charge on any atom is -0.368 e. The van der Waals surface area contributed by atoms with Crippen LogP contribution in [0.25, 0.3) is 0 Å². The van der Waals surface area contributed by atoms with Crippen molar-refractivity contribution >= 4 is 23.2 Å². The Labute approximate surface area is 167 Å². The van der Waals surface area contributed by atoms with Gasteiger partial charge in [0.05, 0.1) is 5.69 Å². The van der Waals surface area contributed by atoms with E-state index in [9.17, 15) is 9.18 Å². The fraction of sp³-hybridized carbons (Fsp3) is 0.455. The summed E-state index contributed by atoms with van der Waals surface area (Å²) >= 11 is 0. The van der Waals surface area contributed by atoms with Gasteiger partial charge in [-0.15, -0.1) is 0 Å². The summed E-state index contributed by atoms with van der Waals surface area (Å²) in [6.45, 7) is 9.56. The summed E-state index contributed by atoms with van der Waals surface area (Å²) in [5.41, 5.74) is 1.56. The summed E-state index contributed by atoms with van der Waals surface area (Å²) in [6.07, 6.45) is 2.53. The number of nitrogens with zero attached hydrogens (tertiary/aromatic N) is 1. The molecular formula is C22H31FN4O. The molecule has 0 spiro atoms. The number of amides is 1. The van der Waals surface area contributed by atoms with Crippen LogP contribution in [0.3, 0.4) is 0 Å². The van der Waals surface area contributed by atoms with Crippen molar-refractivity contribution in [2.75, 3.05) is 22.5 Å². The minimum absolute atomic E-state index is 0.0279. The topological polar surface area (TPSA) is 66.1 Å². The van der Waals surface area contributed by atoms with Crippen molar-refractivity contribution < 1.29 is 9.18 Å². The SMILES string of the molecule is CCCCNc1nc(NCc2ccc(F)cc2)ccc1NC(=O)CC(C)(C)C. The van der Waals surface area contributed by atoms with Crippen molar-refractivity contribution in [3.05, 3.63) is 47.8 Å². The van der Waals surface area contributed by atoms with Gasteiger partial charge >= 0.3 is 0 Å². The van der Waals surface area contributed by atoms with Crippen molar-refractivity contribution in [1.29, 1.82) is 0 Å². The number of rotatable bonds is 9. The molecule has 0 aliphatic rings. The van der Waals surface area contributed by atoms with E-state index >= 15 is 0 Å². The molecule has 1 amide bonds. The largest absolute Gasteiger partial charge is 0.368 e. The smallest absolute Gasteiger partial charge is 0.224 e. The van der Waals surface area contributed by atoms with Crippen LogP contribution >= 0.6 is 0 Å². The Hall–Kier alpha value is -2.63. The van der Waals surface area contributed by atoms with Crippen molar-refractivity contribution in [2.24, 2.45) is 5.41 Å². The van der Waals surface area contributed by atoms with E-state index in [1.54, 1.807) is 12.1 Å². The van der Waals surface area contributed by atoms with E-state index in [1.165, 1.54) is 12.1 Å². The Morgan fingerprint density at radius 3 is 2.43 bits per heavy atom. The van der Waals surface area contributed by atoms with Crippen LogP contribution in [0.1, 0.15) is 52.5 Å². The van der Waals surface area contributed by atoms with Gasteiger partial charge in [-0.25, -0.2) is 9.37 Å². The first-order valence-electron chi connectivity index (χ1n) is 9.80. The molecule has 1 aromatic carbocycles. The van der Waals surface area contributed by atoms with Crippen molar-refractivity contribution in [2.45, 2.75) is 53.5 Å². The first-order valence-corrected chi connectivity index (χ1v) is 9.80. The van der Waals surface area contributed by atoms with Crippen LogP contribution in [-0.4, -0.2) is 17.4 Å². The lowest BCUT2D eigenvalue weighted by molar-refractivity contribution is -0.117. The highest BCUT2D eigenvalue weighted by atomic mass is 19.1. The second-order valence-corrected chi connectivity index (χ2v) is 8.14. The standard InChI is InChI=1S/C22H31FN4O/c1-5-6-13-24-21-18(26-20(28)14-22(2,3)4)11-12-19(27-21)25-15-16-7-9-17(23)10-8-16/h7-12H,5-6,13-15H2,1-4H3,(H,26,28)(H2,24,25,27). The normalized spacial score (nSPS) is 11.2. The second-order valence-electron chi connectivity index (χ2n) is 8.14. The number of carbonyl (C=O) groups is 1. The van der Waals surface area contributed by atoms with Gasteiger partial charge in [-0.1, -0.05) is 46.2 Å². The van der Waals surface area contributed by atoms with E-state index < -0.39 is 0 Å². The molecule has 28 heavy (non-hydrogen) atoms. The quantitative estimate of drug-likeness (QED) is 0.504. The Balaban J connectivity index is 2.09. The molecule has 1 aromatic heterocycles.